The van der Waals surface area contributed by atoms with Crippen LogP contribution in [0.3, 0.4) is 0 Å². The molecule has 0 saturated heterocycles. The average Bonchev–Trinajstić information content (AvgIpc) is 2.91. The Balaban J connectivity index is 1.95. The molecule has 0 heterocycles. The van der Waals surface area contributed by atoms with Crippen LogP contribution in [0.2, 0.25) is 10.0 Å². The van der Waals surface area contributed by atoms with Crippen molar-refractivity contribution in [2.45, 2.75) is 5.66 Å². The third-order valence-corrected chi connectivity index (χ3v) is 11.7. The van der Waals surface area contributed by atoms with E-state index in [0.29, 0.717) is 10.0 Å². The van der Waals surface area contributed by atoms with Crippen LogP contribution in [0.25, 0.3) is 0 Å². The van der Waals surface area contributed by atoms with Crippen molar-refractivity contribution in [1.29, 1.82) is 0 Å². The Kier molecular flexibility index (Phi) is 6.84. The van der Waals surface area contributed by atoms with Gasteiger partial charge in [0.25, 0.3) is 0 Å². The van der Waals surface area contributed by atoms with Crippen molar-refractivity contribution < 1.29 is 0 Å². The molecular weight excluding hydrogens is 474 g/mol. The summed E-state index contributed by atoms with van der Waals surface area (Å²) in [5, 5.41) is 5.12. The molecule has 3 heteroatoms. The van der Waals surface area contributed by atoms with E-state index in [-0.39, 0.29) is 5.66 Å². The molecule has 166 valence electrons. The molecule has 5 aromatic rings. The van der Waals surface area contributed by atoms with E-state index in [0.717, 1.165) is 5.56 Å². The fraction of sp³-hybridized carbons (Fsp3) is 0.0323. The Labute approximate surface area is 212 Å². The van der Waals surface area contributed by atoms with Crippen LogP contribution >= 0.6 is 30.5 Å². The Hall–Kier alpha value is -2.89. The molecule has 0 aliphatic rings. The lowest BCUT2D eigenvalue weighted by molar-refractivity contribution is 1.13. The first-order valence-electron chi connectivity index (χ1n) is 11.3. The molecule has 5 aromatic carbocycles. The summed E-state index contributed by atoms with van der Waals surface area (Å²) >= 11 is 13.0. The quantitative estimate of drug-likeness (QED) is 0.208. The van der Waals surface area contributed by atoms with Crippen molar-refractivity contribution in [3.8, 4) is 0 Å². The van der Waals surface area contributed by atoms with Crippen LogP contribution in [-0.4, -0.2) is 0 Å². The van der Waals surface area contributed by atoms with Crippen LogP contribution in [0.5, 0.6) is 0 Å². The van der Waals surface area contributed by atoms with Gasteiger partial charge in [0, 0.05) is 0 Å². The monoisotopic (exact) mass is 497 g/mol. The maximum Gasteiger partial charge on any atom is 0.134 e. The molecule has 0 nitrogen and oxygen atoms in total. The lowest BCUT2D eigenvalue weighted by atomic mass is 10.0. The predicted octanol–water partition coefficient (Wildman–Crippen LogP) is 8.08. The van der Waals surface area contributed by atoms with Crippen molar-refractivity contribution in [2.75, 3.05) is 0 Å². The average molecular weight is 498 g/mol. The molecule has 0 radical (unpaired) electrons. The highest BCUT2D eigenvalue weighted by Crippen LogP contribution is 2.69. The van der Waals surface area contributed by atoms with E-state index in [1.807, 2.05) is 12.1 Å². The summed E-state index contributed by atoms with van der Waals surface area (Å²) < 4.78 is 0. The van der Waals surface area contributed by atoms with Gasteiger partial charge in [0.1, 0.15) is 28.8 Å². The molecule has 0 aliphatic carbocycles. The zero-order valence-electron chi connectivity index (χ0n) is 18.6. The Morgan fingerprint density at radius 3 is 1.24 bits per heavy atom. The number of hydrogen-bond acceptors (Lipinski definition) is 0. The van der Waals surface area contributed by atoms with Gasteiger partial charge < -0.3 is 0 Å². The number of halogens is 2. The van der Waals surface area contributed by atoms with Gasteiger partial charge in [0.05, 0.1) is 10.0 Å². The molecule has 1 unspecified atom stereocenters. The first-order valence-corrected chi connectivity index (χ1v) is 13.9. The highest BCUT2D eigenvalue weighted by atomic mass is 35.5. The maximum absolute atomic E-state index is 6.61. The molecule has 34 heavy (non-hydrogen) atoms. The standard InChI is InChI=1S/C31H24Cl2P/c32-29-22-21-25(23-30(29)33)31(24-13-5-1-6-14-24)34(26-15-7-2-8-16-26,27-17-9-3-10-18-27)28-19-11-4-12-20-28/h1-23,31H/q+1. The lowest BCUT2D eigenvalue weighted by Gasteiger charge is -2.35. The summed E-state index contributed by atoms with van der Waals surface area (Å²) in [7, 11) is -2.24. The van der Waals surface area contributed by atoms with E-state index in [1.165, 1.54) is 21.5 Å². The maximum atomic E-state index is 6.61. The highest BCUT2D eigenvalue weighted by molar-refractivity contribution is 7.96. The van der Waals surface area contributed by atoms with Gasteiger partial charge in [0.15, 0.2) is 0 Å². The summed E-state index contributed by atoms with van der Waals surface area (Å²) in [4.78, 5) is 0. The summed E-state index contributed by atoms with van der Waals surface area (Å²) in [6.45, 7) is 0. The Morgan fingerprint density at radius 1 is 0.412 bits per heavy atom. The lowest BCUT2D eigenvalue weighted by Crippen LogP contribution is -2.35. The van der Waals surface area contributed by atoms with Crippen molar-refractivity contribution in [3.63, 3.8) is 0 Å². The third kappa shape index (κ3) is 4.19. The van der Waals surface area contributed by atoms with Crippen LogP contribution in [-0.2, 0) is 0 Å². The third-order valence-electron chi connectivity index (χ3n) is 6.25. The van der Waals surface area contributed by atoms with Gasteiger partial charge in [-0.15, -0.1) is 0 Å². The van der Waals surface area contributed by atoms with Crippen LogP contribution < -0.4 is 15.9 Å². The Bertz CT molecular complexity index is 1260. The minimum absolute atomic E-state index is 0.0515. The summed E-state index contributed by atoms with van der Waals surface area (Å²) in [6.07, 6.45) is 0. The number of hydrogen-bond donors (Lipinski definition) is 0. The first kappa shape index (κ1) is 22.9. The first-order chi connectivity index (χ1) is 16.7. The van der Waals surface area contributed by atoms with Gasteiger partial charge in [-0.1, -0.05) is 114 Å². The summed E-state index contributed by atoms with van der Waals surface area (Å²) in [5.41, 5.74) is 2.46. The van der Waals surface area contributed by atoms with Gasteiger partial charge in [0.2, 0.25) is 0 Å². The normalized spacial score (nSPS) is 12.3. The van der Waals surface area contributed by atoms with Gasteiger partial charge in [-0.25, -0.2) is 0 Å². The zero-order chi connectivity index (χ0) is 23.4. The Morgan fingerprint density at radius 2 is 0.824 bits per heavy atom. The molecule has 0 N–H and O–H groups in total. The van der Waals surface area contributed by atoms with Gasteiger partial charge >= 0.3 is 0 Å². The number of rotatable bonds is 6. The van der Waals surface area contributed by atoms with Gasteiger partial charge in [-0.3, -0.25) is 0 Å². The van der Waals surface area contributed by atoms with Crippen LogP contribution in [0.1, 0.15) is 16.8 Å². The molecule has 0 bridgehead atoms. The molecule has 5 rings (SSSR count). The molecule has 0 saturated carbocycles. The van der Waals surface area contributed by atoms with Crippen molar-refractivity contribution >= 4 is 46.4 Å². The van der Waals surface area contributed by atoms with E-state index in [2.05, 4.69) is 127 Å². The minimum Gasteiger partial charge on any atom is -0.0827 e. The molecule has 0 fully saturated rings. The topological polar surface area (TPSA) is 0 Å². The summed E-state index contributed by atoms with van der Waals surface area (Å²) in [6, 6.07) is 49.7. The van der Waals surface area contributed by atoms with E-state index >= 15 is 0 Å². The van der Waals surface area contributed by atoms with Crippen molar-refractivity contribution in [3.05, 3.63) is 161 Å². The smallest absolute Gasteiger partial charge is 0.0827 e. The molecule has 1 atom stereocenters. The molecule has 0 amide bonds. The van der Waals surface area contributed by atoms with E-state index < -0.39 is 7.26 Å². The number of benzene rings is 5. The zero-order valence-corrected chi connectivity index (χ0v) is 21.0. The van der Waals surface area contributed by atoms with Crippen molar-refractivity contribution in [1.82, 2.24) is 0 Å². The predicted molar refractivity (Wildman–Crippen MR) is 150 cm³/mol. The fourth-order valence-corrected chi connectivity index (χ4v) is 10.1. The van der Waals surface area contributed by atoms with E-state index in [4.69, 9.17) is 23.2 Å². The largest absolute Gasteiger partial charge is 0.134 e. The van der Waals surface area contributed by atoms with E-state index in [9.17, 15) is 0 Å². The van der Waals surface area contributed by atoms with Gasteiger partial charge in [-0.05, 0) is 59.7 Å². The van der Waals surface area contributed by atoms with Crippen LogP contribution in [0, 0.1) is 0 Å². The molecule has 0 spiro atoms. The molecular formula is C31H24Cl2P+. The minimum atomic E-state index is -2.24. The second-order valence-corrected chi connectivity index (χ2v) is 12.5. The van der Waals surface area contributed by atoms with Gasteiger partial charge in [-0.2, -0.15) is 0 Å². The van der Waals surface area contributed by atoms with Crippen LogP contribution in [0.15, 0.2) is 140 Å². The van der Waals surface area contributed by atoms with E-state index in [1.54, 1.807) is 0 Å². The SMILES string of the molecule is Clc1ccc(C(c2ccccc2)[P+](c2ccccc2)(c2ccccc2)c2ccccc2)cc1Cl. The second-order valence-electron chi connectivity index (χ2n) is 8.22. The van der Waals surface area contributed by atoms with Crippen molar-refractivity contribution in [2.24, 2.45) is 0 Å². The fourth-order valence-electron chi connectivity index (χ4n) is 4.84. The molecule has 0 aliphatic heterocycles. The molecule has 0 aromatic heterocycles. The summed E-state index contributed by atoms with van der Waals surface area (Å²) in [5.74, 6) is 0. The van der Waals surface area contributed by atoms with Crippen LogP contribution in [0.4, 0.5) is 0 Å². The second kappa shape index (κ2) is 10.2. The highest BCUT2D eigenvalue weighted by Gasteiger charge is 2.53.